The lowest BCUT2D eigenvalue weighted by atomic mass is 10.0. The maximum Gasteiger partial charge on any atom is 0.272 e. The highest BCUT2D eigenvalue weighted by Gasteiger charge is 2.35. The lowest BCUT2D eigenvalue weighted by molar-refractivity contribution is 0.0768. The standard InChI is InChI=1S/C22H22FN7O/c1-12-10-29(21-17(23)5-4-6-25-21)30(11-12)22(31)14-8-15-18(7-13(14)2)27-20(24)16-9-26-28(3)19(15)16/h4-9,12H,10-11H2,1-3H3,(H2,24,27)/i3D3. The summed E-state index contributed by atoms with van der Waals surface area (Å²) in [5, 5.41) is 7.86. The number of carbonyl (C=O) groups excluding carboxylic acids is 1. The number of anilines is 2. The Morgan fingerprint density at radius 2 is 2.16 bits per heavy atom. The molecule has 1 aliphatic heterocycles. The van der Waals surface area contributed by atoms with E-state index < -0.39 is 12.8 Å². The molecule has 1 aromatic carbocycles. The minimum Gasteiger partial charge on any atom is -0.383 e. The van der Waals surface area contributed by atoms with E-state index in [2.05, 4.69) is 15.1 Å². The van der Waals surface area contributed by atoms with E-state index in [-0.39, 0.29) is 29.0 Å². The average Bonchev–Trinajstić information content (AvgIpc) is 3.38. The molecule has 1 amide bonds. The summed E-state index contributed by atoms with van der Waals surface area (Å²) in [7, 11) is 0. The van der Waals surface area contributed by atoms with Crippen LogP contribution in [0.25, 0.3) is 21.8 Å². The molecule has 0 bridgehead atoms. The van der Waals surface area contributed by atoms with Crippen molar-refractivity contribution in [3.8, 4) is 0 Å². The van der Waals surface area contributed by atoms with E-state index in [1.807, 2.05) is 6.92 Å². The maximum atomic E-state index is 14.5. The normalized spacial score (nSPS) is 18.4. The Labute approximate surface area is 182 Å². The molecule has 1 aliphatic rings. The number of aromatic nitrogens is 4. The van der Waals surface area contributed by atoms with Crippen LogP contribution in [-0.2, 0) is 6.98 Å². The number of fused-ring (bicyclic) bond motifs is 3. The number of benzene rings is 1. The first kappa shape index (κ1) is 16.0. The molecule has 1 saturated heterocycles. The summed E-state index contributed by atoms with van der Waals surface area (Å²) in [6, 6.07) is 6.11. The molecular weight excluding hydrogens is 397 g/mol. The van der Waals surface area contributed by atoms with Gasteiger partial charge in [0.15, 0.2) is 11.6 Å². The van der Waals surface area contributed by atoms with E-state index in [9.17, 15) is 9.18 Å². The number of nitrogens with zero attached hydrogens (tertiary/aromatic N) is 6. The van der Waals surface area contributed by atoms with Crippen molar-refractivity contribution < 1.29 is 13.3 Å². The zero-order valence-corrected chi connectivity index (χ0v) is 17.0. The van der Waals surface area contributed by atoms with E-state index >= 15 is 0 Å². The first-order valence-corrected chi connectivity index (χ1v) is 9.84. The molecular formula is C22H22FN7O. The fraction of sp³-hybridized carbons (Fsp3) is 0.273. The lowest BCUT2D eigenvalue weighted by Crippen LogP contribution is -2.42. The predicted octanol–water partition coefficient (Wildman–Crippen LogP) is 3.06. The molecule has 0 saturated carbocycles. The Morgan fingerprint density at radius 1 is 1.32 bits per heavy atom. The summed E-state index contributed by atoms with van der Waals surface area (Å²) in [6.45, 7) is 2.01. The summed E-state index contributed by atoms with van der Waals surface area (Å²) in [5.41, 5.74) is 7.77. The molecule has 1 unspecified atom stereocenters. The van der Waals surface area contributed by atoms with Gasteiger partial charge in [0.1, 0.15) is 5.82 Å². The van der Waals surface area contributed by atoms with Crippen molar-refractivity contribution in [3.63, 3.8) is 0 Å². The zero-order valence-electron chi connectivity index (χ0n) is 20.0. The first-order chi connectivity index (χ1) is 16.1. The second kappa shape index (κ2) is 6.90. The van der Waals surface area contributed by atoms with Crippen LogP contribution in [0.15, 0.2) is 36.7 Å². The Kier molecular flexibility index (Phi) is 3.56. The van der Waals surface area contributed by atoms with Crippen LogP contribution in [0.4, 0.5) is 16.0 Å². The second-order valence-corrected chi connectivity index (χ2v) is 7.88. The van der Waals surface area contributed by atoms with Crippen molar-refractivity contribution in [2.45, 2.75) is 13.8 Å². The van der Waals surface area contributed by atoms with Crippen LogP contribution in [0, 0.1) is 18.7 Å². The number of carbonyl (C=O) groups is 1. The number of halogens is 1. The molecule has 4 heterocycles. The van der Waals surface area contributed by atoms with E-state index in [0.29, 0.717) is 40.5 Å². The molecule has 0 aliphatic carbocycles. The predicted molar refractivity (Wildman–Crippen MR) is 117 cm³/mol. The minimum atomic E-state index is -2.55. The van der Waals surface area contributed by atoms with Crippen molar-refractivity contribution in [2.24, 2.45) is 12.9 Å². The molecule has 9 heteroatoms. The van der Waals surface area contributed by atoms with Crippen molar-refractivity contribution >= 4 is 39.3 Å². The lowest BCUT2D eigenvalue weighted by Gasteiger charge is -2.29. The molecule has 2 N–H and O–H groups in total. The Balaban J connectivity index is 1.68. The molecule has 1 atom stereocenters. The Morgan fingerprint density at radius 3 is 2.94 bits per heavy atom. The third kappa shape index (κ3) is 2.96. The molecule has 4 aromatic rings. The average molecular weight is 422 g/mol. The van der Waals surface area contributed by atoms with Crippen LogP contribution in [-0.4, -0.2) is 43.8 Å². The van der Waals surface area contributed by atoms with Crippen molar-refractivity contribution in [3.05, 3.63) is 53.6 Å². The van der Waals surface area contributed by atoms with Crippen molar-refractivity contribution in [2.75, 3.05) is 23.8 Å². The molecule has 3 aromatic heterocycles. The smallest absolute Gasteiger partial charge is 0.272 e. The van der Waals surface area contributed by atoms with E-state index in [4.69, 9.17) is 9.85 Å². The summed E-state index contributed by atoms with van der Waals surface area (Å²) >= 11 is 0. The van der Waals surface area contributed by atoms with Crippen molar-refractivity contribution in [1.29, 1.82) is 0 Å². The number of rotatable bonds is 2. The van der Waals surface area contributed by atoms with Gasteiger partial charge in [0.2, 0.25) is 0 Å². The van der Waals surface area contributed by atoms with Crippen LogP contribution >= 0.6 is 0 Å². The largest absolute Gasteiger partial charge is 0.383 e. The molecule has 0 radical (unpaired) electrons. The first-order valence-electron chi connectivity index (χ1n) is 11.3. The number of amides is 1. The van der Waals surface area contributed by atoms with Gasteiger partial charge in [-0.1, -0.05) is 6.92 Å². The summed E-state index contributed by atoms with van der Waals surface area (Å²) in [6.07, 6.45) is 2.84. The van der Waals surface area contributed by atoms with Crippen LogP contribution in [0.1, 0.15) is 27.0 Å². The highest BCUT2D eigenvalue weighted by molar-refractivity contribution is 6.10. The molecule has 5 rings (SSSR count). The number of hydrogen-bond acceptors (Lipinski definition) is 6. The Bertz CT molecular complexity index is 1450. The van der Waals surface area contributed by atoms with Gasteiger partial charge in [0.05, 0.1) is 22.6 Å². The number of hydrazine groups is 1. The van der Waals surface area contributed by atoms with Crippen LogP contribution < -0.4 is 10.7 Å². The van der Waals surface area contributed by atoms with Gasteiger partial charge in [0.25, 0.3) is 5.91 Å². The number of nitrogen functional groups attached to an aromatic ring is 1. The monoisotopic (exact) mass is 422 g/mol. The third-order valence-corrected chi connectivity index (χ3v) is 5.59. The van der Waals surface area contributed by atoms with Crippen LogP contribution in [0.5, 0.6) is 0 Å². The van der Waals surface area contributed by atoms with E-state index in [1.54, 1.807) is 24.1 Å². The minimum absolute atomic E-state index is 0.0796. The van der Waals surface area contributed by atoms with Gasteiger partial charge < -0.3 is 5.73 Å². The quantitative estimate of drug-likeness (QED) is 0.534. The SMILES string of the molecule is [2H]C([2H])([2H])n1ncc2c(N)nc3cc(C)c(C(=O)N4CC(C)CN4c4ncccc4F)cc3c21. The number of hydrogen-bond donors (Lipinski definition) is 1. The van der Waals surface area contributed by atoms with Crippen LogP contribution in [0.2, 0.25) is 0 Å². The van der Waals surface area contributed by atoms with Crippen molar-refractivity contribution in [1.82, 2.24) is 24.8 Å². The maximum absolute atomic E-state index is 14.5. The van der Waals surface area contributed by atoms with E-state index in [0.717, 1.165) is 4.68 Å². The molecule has 31 heavy (non-hydrogen) atoms. The fourth-order valence-electron chi connectivity index (χ4n) is 4.14. The van der Waals surface area contributed by atoms with Gasteiger partial charge in [-0.05, 0) is 42.7 Å². The number of pyridine rings is 2. The Hall–Kier alpha value is -3.75. The molecule has 0 spiro atoms. The van der Waals surface area contributed by atoms with Gasteiger partial charge in [0, 0.05) is 41.3 Å². The summed E-state index contributed by atoms with van der Waals surface area (Å²) < 4.78 is 39.0. The van der Waals surface area contributed by atoms with Gasteiger partial charge >= 0.3 is 0 Å². The topological polar surface area (TPSA) is 93.2 Å². The summed E-state index contributed by atoms with van der Waals surface area (Å²) in [5.74, 6) is -0.541. The summed E-state index contributed by atoms with van der Waals surface area (Å²) in [4.78, 5) is 22.3. The highest BCUT2D eigenvalue weighted by Crippen LogP contribution is 2.32. The van der Waals surface area contributed by atoms with Gasteiger partial charge in [-0.2, -0.15) is 5.10 Å². The third-order valence-electron chi connectivity index (χ3n) is 5.59. The second-order valence-electron chi connectivity index (χ2n) is 7.88. The molecule has 8 nitrogen and oxygen atoms in total. The van der Waals surface area contributed by atoms with Crippen LogP contribution in [0.3, 0.4) is 0 Å². The highest BCUT2D eigenvalue weighted by atomic mass is 19.1. The van der Waals surface area contributed by atoms with Gasteiger partial charge in [-0.3, -0.25) is 14.5 Å². The number of aryl methyl sites for hydroxylation is 2. The molecule has 158 valence electrons. The number of nitrogens with two attached hydrogens (primary N) is 1. The fourth-order valence-corrected chi connectivity index (χ4v) is 4.14. The van der Waals surface area contributed by atoms with Gasteiger partial charge in [-0.25, -0.2) is 19.4 Å². The van der Waals surface area contributed by atoms with Gasteiger partial charge in [-0.15, -0.1) is 0 Å². The molecule has 1 fully saturated rings. The zero-order chi connectivity index (χ0) is 24.4. The van der Waals surface area contributed by atoms with E-state index in [1.165, 1.54) is 29.5 Å².